The lowest BCUT2D eigenvalue weighted by Crippen LogP contribution is -2.37. The highest BCUT2D eigenvalue weighted by Gasteiger charge is 2.05. The summed E-state index contributed by atoms with van der Waals surface area (Å²) in [5.74, 6) is 1.89. The van der Waals surface area contributed by atoms with Gasteiger partial charge in [0.25, 0.3) is 0 Å². The monoisotopic (exact) mass is 367 g/mol. The molecule has 0 bridgehead atoms. The molecule has 26 heavy (non-hydrogen) atoms. The van der Waals surface area contributed by atoms with E-state index in [2.05, 4.69) is 68.5 Å². The Balaban J connectivity index is 1.47. The summed E-state index contributed by atoms with van der Waals surface area (Å²) in [5, 5.41) is 6.72. The summed E-state index contributed by atoms with van der Waals surface area (Å²) >= 11 is 1.81. The lowest BCUT2D eigenvalue weighted by atomic mass is 10.2. The summed E-state index contributed by atoms with van der Waals surface area (Å²) in [4.78, 5) is 11.4. The summed E-state index contributed by atoms with van der Waals surface area (Å²) in [6.45, 7) is 4.55. The Bertz CT molecular complexity index is 835. The first-order valence-electron chi connectivity index (χ1n) is 8.78. The number of imidazole rings is 1. The third kappa shape index (κ3) is 5.20. The lowest BCUT2D eigenvalue weighted by molar-refractivity contribution is 0.694. The topological polar surface area (TPSA) is 54.2 Å². The Morgan fingerprint density at radius 1 is 1.15 bits per heavy atom. The number of aromatic nitrogens is 2. The van der Waals surface area contributed by atoms with Gasteiger partial charge in [0, 0.05) is 48.7 Å². The molecule has 3 aromatic rings. The number of benzene rings is 1. The minimum atomic E-state index is 0.787. The molecule has 0 radical (unpaired) electrons. The largest absolute Gasteiger partial charge is 0.356 e. The standard InChI is InChI=1S/C20H25N5S/c1-16-8-9-18(26-16)14-24-20(21-2)23-11-10-19-22-12-13-25(19)15-17-6-4-3-5-7-17/h3-9,12-13H,10-11,14-15H2,1-2H3,(H2,21,23,24). The SMILES string of the molecule is CN=C(NCCc1nccn1Cc1ccccc1)NCc1ccc(C)s1. The van der Waals surface area contributed by atoms with E-state index in [4.69, 9.17) is 0 Å². The van der Waals surface area contributed by atoms with Crippen molar-refractivity contribution in [3.05, 3.63) is 76.0 Å². The van der Waals surface area contributed by atoms with Crippen LogP contribution in [0.15, 0.2) is 59.9 Å². The molecule has 2 heterocycles. The number of hydrogen-bond donors (Lipinski definition) is 2. The molecule has 0 saturated carbocycles. The predicted octanol–water partition coefficient (Wildman–Crippen LogP) is 3.21. The van der Waals surface area contributed by atoms with Crippen molar-refractivity contribution in [3.8, 4) is 0 Å². The second-order valence-electron chi connectivity index (χ2n) is 6.07. The van der Waals surface area contributed by atoms with Gasteiger partial charge in [-0.15, -0.1) is 11.3 Å². The van der Waals surface area contributed by atoms with Gasteiger partial charge in [0.15, 0.2) is 5.96 Å². The molecule has 6 heteroatoms. The van der Waals surface area contributed by atoms with Crippen LogP contribution in [-0.4, -0.2) is 29.1 Å². The van der Waals surface area contributed by atoms with Crippen LogP contribution < -0.4 is 10.6 Å². The second-order valence-corrected chi connectivity index (χ2v) is 7.44. The van der Waals surface area contributed by atoms with E-state index in [-0.39, 0.29) is 0 Å². The van der Waals surface area contributed by atoms with E-state index in [0.29, 0.717) is 0 Å². The van der Waals surface area contributed by atoms with Crippen LogP contribution in [0.4, 0.5) is 0 Å². The first-order chi connectivity index (χ1) is 12.7. The third-order valence-corrected chi connectivity index (χ3v) is 5.09. The van der Waals surface area contributed by atoms with Gasteiger partial charge in [-0.3, -0.25) is 4.99 Å². The van der Waals surface area contributed by atoms with Crippen LogP contribution in [0.25, 0.3) is 0 Å². The number of hydrogen-bond acceptors (Lipinski definition) is 3. The smallest absolute Gasteiger partial charge is 0.191 e. The number of guanidine groups is 1. The van der Waals surface area contributed by atoms with E-state index in [1.165, 1.54) is 15.3 Å². The number of nitrogens with zero attached hydrogens (tertiary/aromatic N) is 3. The minimum absolute atomic E-state index is 0.787. The van der Waals surface area contributed by atoms with Gasteiger partial charge in [0.1, 0.15) is 5.82 Å². The number of rotatable bonds is 7. The molecule has 0 unspecified atom stereocenters. The number of thiophene rings is 1. The van der Waals surface area contributed by atoms with Crippen molar-refractivity contribution in [2.75, 3.05) is 13.6 Å². The van der Waals surface area contributed by atoms with E-state index in [9.17, 15) is 0 Å². The normalized spacial score (nSPS) is 11.5. The Hall–Kier alpha value is -2.60. The number of aryl methyl sites for hydroxylation is 1. The van der Waals surface area contributed by atoms with Crippen LogP contribution in [-0.2, 0) is 19.5 Å². The van der Waals surface area contributed by atoms with E-state index in [1.54, 1.807) is 18.4 Å². The van der Waals surface area contributed by atoms with Gasteiger partial charge in [-0.05, 0) is 24.6 Å². The first kappa shape index (κ1) is 18.2. The molecule has 0 amide bonds. The summed E-state index contributed by atoms with van der Waals surface area (Å²) in [6, 6.07) is 14.8. The molecular formula is C20H25N5S. The van der Waals surface area contributed by atoms with Gasteiger partial charge in [-0.2, -0.15) is 0 Å². The number of nitrogens with one attached hydrogen (secondary N) is 2. The average molecular weight is 368 g/mol. The molecule has 0 aliphatic carbocycles. The summed E-state index contributed by atoms with van der Waals surface area (Å²) in [5.41, 5.74) is 1.28. The van der Waals surface area contributed by atoms with Crippen LogP contribution >= 0.6 is 11.3 Å². The van der Waals surface area contributed by atoms with Crippen LogP contribution in [0.2, 0.25) is 0 Å². The number of aliphatic imine (C=N–C) groups is 1. The molecule has 5 nitrogen and oxygen atoms in total. The third-order valence-electron chi connectivity index (χ3n) is 4.09. The van der Waals surface area contributed by atoms with Crippen LogP contribution in [0.5, 0.6) is 0 Å². The Morgan fingerprint density at radius 3 is 2.73 bits per heavy atom. The van der Waals surface area contributed by atoms with Crippen molar-refractivity contribution in [1.82, 2.24) is 20.2 Å². The van der Waals surface area contributed by atoms with Gasteiger partial charge >= 0.3 is 0 Å². The van der Waals surface area contributed by atoms with Crippen LogP contribution in [0, 0.1) is 6.92 Å². The Morgan fingerprint density at radius 2 is 2.00 bits per heavy atom. The summed E-state index contributed by atoms with van der Waals surface area (Å²) in [6.07, 6.45) is 4.75. The van der Waals surface area contributed by atoms with Crippen molar-refractivity contribution < 1.29 is 0 Å². The fourth-order valence-corrected chi connectivity index (χ4v) is 3.59. The van der Waals surface area contributed by atoms with E-state index >= 15 is 0 Å². The predicted molar refractivity (Wildman–Crippen MR) is 109 cm³/mol. The molecule has 0 atom stereocenters. The van der Waals surface area contributed by atoms with Gasteiger partial charge in [0.05, 0.1) is 6.54 Å². The maximum Gasteiger partial charge on any atom is 0.191 e. The highest BCUT2D eigenvalue weighted by Crippen LogP contribution is 2.14. The van der Waals surface area contributed by atoms with E-state index in [0.717, 1.165) is 37.8 Å². The average Bonchev–Trinajstić information content (AvgIpc) is 3.27. The molecule has 3 rings (SSSR count). The van der Waals surface area contributed by atoms with Gasteiger partial charge in [-0.25, -0.2) is 4.98 Å². The highest BCUT2D eigenvalue weighted by molar-refractivity contribution is 7.11. The summed E-state index contributed by atoms with van der Waals surface area (Å²) in [7, 11) is 1.80. The summed E-state index contributed by atoms with van der Waals surface area (Å²) < 4.78 is 2.20. The Kier molecular flexibility index (Phi) is 6.44. The second kappa shape index (κ2) is 9.20. The van der Waals surface area contributed by atoms with Crippen molar-refractivity contribution in [2.24, 2.45) is 4.99 Å². The zero-order valence-electron chi connectivity index (χ0n) is 15.3. The molecule has 2 N–H and O–H groups in total. The van der Waals surface area contributed by atoms with Gasteiger partial charge in [-0.1, -0.05) is 30.3 Å². The van der Waals surface area contributed by atoms with Gasteiger partial charge < -0.3 is 15.2 Å². The quantitative estimate of drug-likeness (QED) is 0.498. The fourth-order valence-electron chi connectivity index (χ4n) is 2.76. The molecule has 0 aliphatic rings. The van der Waals surface area contributed by atoms with E-state index in [1.807, 2.05) is 18.5 Å². The maximum atomic E-state index is 4.50. The molecule has 0 aliphatic heterocycles. The minimum Gasteiger partial charge on any atom is -0.356 e. The molecular weight excluding hydrogens is 342 g/mol. The van der Waals surface area contributed by atoms with Crippen LogP contribution in [0.3, 0.4) is 0 Å². The zero-order chi connectivity index (χ0) is 18.2. The van der Waals surface area contributed by atoms with E-state index < -0.39 is 0 Å². The molecule has 0 saturated heterocycles. The van der Waals surface area contributed by atoms with Crippen molar-refractivity contribution >= 4 is 17.3 Å². The highest BCUT2D eigenvalue weighted by atomic mass is 32.1. The van der Waals surface area contributed by atoms with Crippen molar-refractivity contribution in [2.45, 2.75) is 26.4 Å². The molecule has 1 aromatic carbocycles. The van der Waals surface area contributed by atoms with Gasteiger partial charge in [0.2, 0.25) is 0 Å². The molecule has 2 aromatic heterocycles. The fraction of sp³-hybridized carbons (Fsp3) is 0.300. The maximum absolute atomic E-state index is 4.50. The Labute approximate surface area is 158 Å². The lowest BCUT2D eigenvalue weighted by Gasteiger charge is -2.12. The van der Waals surface area contributed by atoms with Crippen LogP contribution in [0.1, 0.15) is 21.1 Å². The van der Waals surface area contributed by atoms with Crippen molar-refractivity contribution in [3.63, 3.8) is 0 Å². The molecule has 136 valence electrons. The molecule has 0 fully saturated rings. The molecule has 0 spiro atoms. The van der Waals surface area contributed by atoms with Crippen molar-refractivity contribution in [1.29, 1.82) is 0 Å². The zero-order valence-corrected chi connectivity index (χ0v) is 16.1. The first-order valence-corrected chi connectivity index (χ1v) is 9.60.